The van der Waals surface area contributed by atoms with Gasteiger partial charge >= 0.3 is 6.18 Å². The Morgan fingerprint density at radius 1 is 0.861 bits per heavy atom. The highest BCUT2D eigenvalue weighted by molar-refractivity contribution is 5.99. The van der Waals surface area contributed by atoms with Crippen LogP contribution in [-0.2, 0) is 6.18 Å². The van der Waals surface area contributed by atoms with Gasteiger partial charge in [0.2, 0.25) is 5.95 Å². The van der Waals surface area contributed by atoms with E-state index in [1.54, 1.807) is 48.9 Å². The molecule has 0 bridgehead atoms. The van der Waals surface area contributed by atoms with Crippen molar-refractivity contribution in [1.82, 2.24) is 25.8 Å². The van der Waals surface area contributed by atoms with Crippen LogP contribution in [0.3, 0.4) is 0 Å². The number of carbonyl (C=O) groups is 2. The maximum atomic E-state index is 12.9. The van der Waals surface area contributed by atoms with Gasteiger partial charge in [0.05, 0.1) is 11.3 Å². The van der Waals surface area contributed by atoms with Crippen LogP contribution >= 0.6 is 0 Å². The molecule has 0 aliphatic heterocycles. The molecule has 182 valence electrons. The van der Waals surface area contributed by atoms with Gasteiger partial charge in [0.1, 0.15) is 0 Å². The van der Waals surface area contributed by atoms with E-state index >= 15 is 0 Å². The fraction of sp³-hybridized carbons (Fsp3) is 0.0800. The molecule has 0 atom stereocenters. The molecule has 2 aromatic carbocycles. The molecule has 36 heavy (non-hydrogen) atoms. The van der Waals surface area contributed by atoms with Gasteiger partial charge in [0.25, 0.3) is 11.8 Å². The molecule has 0 aliphatic rings. The third-order valence-electron chi connectivity index (χ3n) is 5.10. The van der Waals surface area contributed by atoms with E-state index in [4.69, 9.17) is 0 Å². The van der Waals surface area contributed by atoms with Crippen LogP contribution in [0.4, 0.5) is 24.8 Å². The fourth-order valence-electron chi connectivity index (χ4n) is 3.21. The standard InChI is InChI=1S/C25H19F3N6O2/c1-15-7-8-17(23(36)34-33-22(35)16-4-2-6-19(12-16)25(26,27)28)13-21(15)32-24-30-11-9-20(31-24)18-5-3-10-29-14-18/h2-14H,1H3,(H,33,35)(H,34,36)(H,30,31,32). The molecular formula is C25H19F3N6O2. The summed E-state index contributed by atoms with van der Waals surface area (Å²) in [6, 6.07) is 14.1. The predicted molar refractivity (Wildman–Crippen MR) is 126 cm³/mol. The molecule has 0 unspecified atom stereocenters. The van der Waals surface area contributed by atoms with Crippen LogP contribution < -0.4 is 16.2 Å². The highest BCUT2D eigenvalue weighted by atomic mass is 19.4. The third kappa shape index (κ3) is 5.81. The minimum Gasteiger partial charge on any atom is -0.324 e. The van der Waals surface area contributed by atoms with Gasteiger partial charge in [-0.2, -0.15) is 13.2 Å². The van der Waals surface area contributed by atoms with Crippen molar-refractivity contribution in [3.63, 3.8) is 0 Å². The number of pyridine rings is 1. The number of benzene rings is 2. The number of hydrogen-bond acceptors (Lipinski definition) is 6. The molecule has 11 heteroatoms. The quantitative estimate of drug-likeness (QED) is 0.349. The van der Waals surface area contributed by atoms with Crippen LogP contribution in [0.2, 0.25) is 0 Å². The molecule has 0 saturated carbocycles. The molecule has 2 amide bonds. The molecule has 0 saturated heterocycles. The normalized spacial score (nSPS) is 11.0. The number of hydrazine groups is 1. The van der Waals surface area contributed by atoms with E-state index in [0.29, 0.717) is 23.4 Å². The first kappa shape index (κ1) is 24.3. The molecule has 2 heterocycles. The second kappa shape index (κ2) is 10.2. The summed E-state index contributed by atoms with van der Waals surface area (Å²) in [5.41, 5.74) is 6.13. The number of amides is 2. The Kier molecular flexibility index (Phi) is 6.91. The van der Waals surface area contributed by atoms with Crippen molar-refractivity contribution in [2.45, 2.75) is 13.1 Å². The summed E-state index contributed by atoms with van der Waals surface area (Å²) in [5, 5.41) is 3.07. The first-order valence-corrected chi connectivity index (χ1v) is 10.6. The number of alkyl halides is 3. The Morgan fingerprint density at radius 2 is 1.61 bits per heavy atom. The molecule has 0 fully saturated rings. The Hall–Kier alpha value is -4.80. The topological polar surface area (TPSA) is 109 Å². The maximum Gasteiger partial charge on any atom is 0.416 e. The number of anilines is 2. The number of aromatic nitrogens is 3. The minimum atomic E-state index is -4.59. The minimum absolute atomic E-state index is 0.191. The van der Waals surface area contributed by atoms with Crippen molar-refractivity contribution in [2.24, 2.45) is 0 Å². The zero-order valence-corrected chi connectivity index (χ0v) is 18.8. The summed E-state index contributed by atoms with van der Waals surface area (Å²) in [7, 11) is 0. The average molecular weight is 492 g/mol. The van der Waals surface area contributed by atoms with Crippen molar-refractivity contribution in [3.8, 4) is 11.3 Å². The summed E-state index contributed by atoms with van der Waals surface area (Å²) < 4.78 is 38.6. The summed E-state index contributed by atoms with van der Waals surface area (Å²) in [6.45, 7) is 1.82. The summed E-state index contributed by atoms with van der Waals surface area (Å²) in [6.07, 6.45) is 0.334. The summed E-state index contributed by atoms with van der Waals surface area (Å²) in [5.74, 6) is -1.25. The van der Waals surface area contributed by atoms with Crippen molar-refractivity contribution in [3.05, 3.63) is 102 Å². The van der Waals surface area contributed by atoms with Crippen LogP contribution in [0.15, 0.2) is 79.3 Å². The van der Waals surface area contributed by atoms with E-state index in [0.717, 1.165) is 23.3 Å². The lowest BCUT2D eigenvalue weighted by Gasteiger charge is -2.12. The van der Waals surface area contributed by atoms with E-state index in [1.165, 1.54) is 6.07 Å². The number of rotatable bonds is 5. The van der Waals surface area contributed by atoms with Crippen molar-refractivity contribution >= 4 is 23.5 Å². The molecule has 3 N–H and O–H groups in total. The SMILES string of the molecule is Cc1ccc(C(=O)NNC(=O)c2cccc(C(F)(F)F)c2)cc1Nc1nccc(-c2cccnc2)n1. The number of aryl methyl sites for hydroxylation is 1. The molecule has 2 aromatic heterocycles. The molecule has 4 aromatic rings. The lowest BCUT2D eigenvalue weighted by molar-refractivity contribution is -0.137. The number of nitrogens with one attached hydrogen (secondary N) is 3. The number of hydrogen-bond donors (Lipinski definition) is 3. The lowest BCUT2D eigenvalue weighted by atomic mass is 10.1. The second-order valence-corrected chi connectivity index (χ2v) is 7.65. The first-order valence-electron chi connectivity index (χ1n) is 10.6. The molecule has 0 aliphatic carbocycles. The van der Waals surface area contributed by atoms with Crippen LogP contribution in [0.25, 0.3) is 11.3 Å². The Bertz CT molecular complexity index is 1410. The van der Waals surface area contributed by atoms with Crippen molar-refractivity contribution in [1.29, 1.82) is 0 Å². The monoisotopic (exact) mass is 492 g/mol. The lowest BCUT2D eigenvalue weighted by Crippen LogP contribution is -2.41. The van der Waals surface area contributed by atoms with E-state index < -0.39 is 23.6 Å². The average Bonchev–Trinajstić information content (AvgIpc) is 2.88. The zero-order chi connectivity index (χ0) is 25.7. The summed E-state index contributed by atoms with van der Waals surface area (Å²) in [4.78, 5) is 37.6. The van der Waals surface area contributed by atoms with Crippen LogP contribution in [-0.4, -0.2) is 26.8 Å². The van der Waals surface area contributed by atoms with E-state index in [-0.39, 0.29) is 11.1 Å². The van der Waals surface area contributed by atoms with Gasteiger partial charge in [-0.25, -0.2) is 9.97 Å². The smallest absolute Gasteiger partial charge is 0.324 e. The van der Waals surface area contributed by atoms with Gasteiger partial charge in [-0.1, -0.05) is 12.1 Å². The second-order valence-electron chi connectivity index (χ2n) is 7.65. The molecule has 8 nitrogen and oxygen atoms in total. The Balaban J connectivity index is 1.45. The maximum absolute atomic E-state index is 12.9. The first-order chi connectivity index (χ1) is 17.2. The van der Waals surface area contributed by atoms with Crippen molar-refractivity contribution < 1.29 is 22.8 Å². The van der Waals surface area contributed by atoms with Gasteiger partial charge < -0.3 is 5.32 Å². The number of nitrogens with zero attached hydrogens (tertiary/aromatic N) is 3. The van der Waals surface area contributed by atoms with E-state index in [1.807, 2.05) is 13.0 Å². The Labute approximate surface area is 203 Å². The zero-order valence-electron chi connectivity index (χ0n) is 18.8. The summed E-state index contributed by atoms with van der Waals surface area (Å²) >= 11 is 0. The van der Waals surface area contributed by atoms with Crippen LogP contribution in [0.5, 0.6) is 0 Å². The van der Waals surface area contributed by atoms with Gasteiger partial charge in [0, 0.05) is 41.0 Å². The number of halogens is 3. The van der Waals surface area contributed by atoms with Gasteiger partial charge in [0.15, 0.2) is 0 Å². The highest BCUT2D eigenvalue weighted by Crippen LogP contribution is 2.29. The van der Waals surface area contributed by atoms with Gasteiger partial charge in [-0.15, -0.1) is 0 Å². The highest BCUT2D eigenvalue weighted by Gasteiger charge is 2.30. The van der Waals surface area contributed by atoms with Gasteiger partial charge in [-0.3, -0.25) is 25.4 Å². The molecule has 4 rings (SSSR count). The third-order valence-corrected chi connectivity index (χ3v) is 5.10. The van der Waals surface area contributed by atoms with E-state index in [9.17, 15) is 22.8 Å². The predicted octanol–water partition coefficient (Wildman–Crippen LogP) is 4.68. The largest absolute Gasteiger partial charge is 0.416 e. The van der Waals surface area contributed by atoms with Crippen LogP contribution in [0.1, 0.15) is 31.8 Å². The molecular weight excluding hydrogens is 473 g/mol. The van der Waals surface area contributed by atoms with Crippen molar-refractivity contribution in [2.75, 3.05) is 5.32 Å². The molecule has 0 radical (unpaired) electrons. The van der Waals surface area contributed by atoms with E-state index in [2.05, 4.69) is 31.1 Å². The Morgan fingerprint density at radius 3 is 2.31 bits per heavy atom. The van der Waals surface area contributed by atoms with Gasteiger partial charge in [-0.05, 0) is 61.0 Å². The van der Waals surface area contributed by atoms with Crippen LogP contribution in [0, 0.1) is 6.92 Å². The number of carbonyl (C=O) groups excluding carboxylic acids is 2. The fourth-order valence-corrected chi connectivity index (χ4v) is 3.21. The molecule has 0 spiro atoms.